The molecule has 0 aliphatic rings. The number of aromatic nitrogens is 3. The van der Waals surface area contributed by atoms with Crippen LogP contribution in [0.15, 0.2) is 97.1 Å². The van der Waals surface area contributed by atoms with E-state index in [0.29, 0.717) is 23.3 Å². The molecule has 0 spiro atoms. The van der Waals surface area contributed by atoms with Gasteiger partial charge in [-0.25, -0.2) is 9.67 Å². The third-order valence-electron chi connectivity index (χ3n) is 6.76. The average Bonchev–Trinajstić information content (AvgIpc) is 3.57. The zero-order chi connectivity index (χ0) is 27.5. The van der Waals surface area contributed by atoms with E-state index in [-0.39, 0.29) is 18.4 Å². The number of nitrogens with zero attached hydrogens (tertiary/aromatic N) is 3. The van der Waals surface area contributed by atoms with Crippen LogP contribution in [-0.4, -0.2) is 27.8 Å². The molecule has 7 nitrogen and oxygen atoms in total. The van der Waals surface area contributed by atoms with Crippen molar-refractivity contribution < 1.29 is 14.3 Å². The summed E-state index contributed by atoms with van der Waals surface area (Å²) in [7, 11) is 1.64. The summed E-state index contributed by atoms with van der Waals surface area (Å²) in [6, 6.07) is 31.8. The molecular formula is C32H28N4O3S. The molecule has 1 atom stereocenters. The molecule has 8 heteroatoms. The van der Waals surface area contributed by atoms with Crippen molar-refractivity contribution in [3.63, 3.8) is 0 Å². The summed E-state index contributed by atoms with van der Waals surface area (Å²) in [5, 5.41) is 10.7. The molecule has 1 unspecified atom stereocenters. The fraction of sp³-hybridized carbons (Fsp3) is 0.156. The first-order chi connectivity index (χ1) is 19.6. The summed E-state index contributed by atoms with van der Waals surface area (Å²) in [4.78, 5) is 17.9. The van der Waals surface area contributed by atoms with Crippen LogP contribution in [-0.2, 0) is 17.8 Å². The minimum Gasteiger partial charge on any atom is -0.497 e. The summed E-state index contributed by atoms with van der Waals surface area (Å²) < 4.78 is 14.3. The summed E-state index contributed by atoms with van der Waals surface area (Å²) in [5.74, 6) is 1.28. The van der Waals surface area contributed by atoms with Crippen molar-refractivity contribution in [3.05, 3.63) is 114 Å². The maximum atomic E-state index is 13.3. The monoisotopic (exact) mass is 548 g/mol. The summed E-state index contributed by atoms with van der Waals surface area (Å²) in [6.07, 6.45) is -0.117. The van der Waals surface area contributed by atoms with E-state index in [0.717, 1.165) is 37.9 Å². The lowest BCUT2D eigenvalue weighted by molar-refractivity contribution is -0.115. The van der Waals surface area contributed by atoms with E-state index < -0.39 is 0 Å². The second-order valence-electron chi connectivity index (χ2n) is 9.53. The molecule has 2 aromatic heterocycles. The highest BCUT2D eigenvalue weighted by Gasteiger charge is 2.19. The zero-order valence-corrected chi connectivity index (χ0v) is 23.0. The van der Waals surface area contributed by atoms with Gasteiger partial charge in [-0.3, -0.25) is 4.79 Å². The minimum atomic E-state index is -0.369. The Hall–Kier alpha value is -4.69. The molecule has 6 rings (SSSR count). The number of ether oxygens (including phenoxy) is 2. The van der Waals surface area contributed by atoms with E-state index in [1.54, 1.807) is 11.8 Å². The minimum absolute atomic E-state index is 0.112. The number of hydrogen-bond donors (Lipinski definition) is 1. The molecule has 2 heterocycles. The van der Waals surface area contributed by atoms with Crippen LogP contribution in [0.4, 0.5) is 5.82 Å². The van der Waals surface area contributed by atoms with Crippen molar-refractivity contribution in [2.24, 2.45) is 0 Å². The Morgan fingerprint density at radius 3 is 2.58 bits per heavy atom. The predicted octanol–water partition coefficient (Wildman–Crippen LogP) is 7.02. The summed E-state index contributed by atoms with van der Waals surface area (Å²) >= 11 is 1.50. The molecule has 6 aromatic rings. The number of carbonyl (C=O) groups excluding carboxylic acids is 1. The lowest BCUT2D eigenvalue weighted by atomic mass is 10.0. The maximum Gasteiger partial charge on any atom is 0.274 e. The fourth-order valence-electron chi connectivity index (χ4n) is 4.68. The summed E-state index contributed by atoms with van der Waals surface area (Å²) in [5.41, 5.74) is 3.61. The number of anilines is 1. The van der Waals surface area contributed by atoms with Gasteiger partial charge in [-0.05, 0) is 53.1 Å². The number of carbonyl (C=O) groups is 1. The van der Waals surface area contributed by atoms with Crippen LogP contribution < -0.4 is 14.8 Å². The van der Waals surface area contributed by atoms with Gasteiger partial charge in [-0.1, -0.05) is 78.1 Å². The van der Waals surface area contributed by atoms with Gasteiger partial charge >= 0.3 is 0 Å². The van der Waals surface area contributed by atoms with E-state index in [2.05, 4.69) is 22.4 Å². The highest BCUT2D eigenvalue weighted by Crippen LogP contribution is 2.31. The Labute approximate surface area is 236 Å². The van der Waals surface area contributed by atoms with E-state index in [9.17, 15) is 4.79 Å². The molecule has 1 amide bonds. The van der Waals surface area contributed by atoms with Gasteiger partial charge in [-0.2, -0.15) is 5.10 Å². The van der Waals surface area contributed by atoms with E-state index in [1.165, 1.54) is 11.3 Å². The van der Waals surface area contributed by atoms with E-state index in [4.69, 9.17) is 14.6 Å². The number of amides is 1. The Kier molecular flexibility index (Phi) is 7.16. The van der Waals surface area contributed by atoms with Gasteiger partial charge in [0, 0.05) is 6.07 Å². The largest absolute Gasteiger partial charge is 0.497 e. The Balaban J connectivity index is 1.26. The first-order valence-corrected chi connectivity index (χ1v) is 13.9. The second-order valence-corrected chi connectivity index (χ2v) is 10.5. The highest BCUT2D eigenvalue weighted by molar-refractivity contribution is 7.20. The van der Waals surface area contributed by atoms with Crippen LogP contribution in [0, 0.1) is 0 Å². The number of para-hydroxylation sites is 1. The standard InChI is InChI=1S/C32H28N4O3S/c1-21(39-32-33-27-12-5-6-13-29(27)40-32)28-19-30(36(35-28)20-22-14-16-25(38-2)17-15-22)34-31(37)18-24-10-7-9-23-8-3-4-11-26(23)24/h3-17,19,21H,18,20H2,1-2H3,(H,34,37). The third kappa shape index (κ3) is 5.53. The number of hydrogen-bond acceptors (Lipinski definition) is 6. The van der Waals surface area contributed by atoms with E-state index in [1.807, 2.05) is 91.9 Å². The molecule has 0 saturated heterocycles. The van der Waals surface area contributed by atoms with Gasteiger partial charge in [0.25, 0.3) is 5.19 Å². The van der Waals surface area contributed by atoms with E-state index >= 15 is 0 Å². The molecule has 40 heavy (non-hydrogen) atoms. The van der Waals surface area contributed by atoms with Crippen LogP contribution in [0.1, 0.15) is 29.8 Å². The molecule has 0 aliphatic carbocycles. The zero-order valence-electron chi connectivity index (χ0n) is 22.2. The van der Waals surface area contributed by atoms with Gasteiger partial charge in [0.05, 0.1) is 30.3 Å². The number of nitrogens with one attached hydrogen (secondary N) is 1. The van der Waals surface area contributed by atoms with Crippen LogP contribution in [0.2, 0.25) is 0 Å². The van der Waals surface area contributed by atoms with Crippen molar-refractivity contribution in [3.8, 4) is 10.9 Å². The summed E-state index contributed by atoms with van der Waals surface area (Å²) in [6.45, 7) is 2.41. The third-order valence-corrected chi connectivity index (χ3v) is 7.68. The molecular weight excluding hydrogens is 520 g/mol. The van der Waals surface area contributed by atoms with Crippen LogP contribution in [0.3, 0.4) is 0 Å². The molecule has 4 aromatic carbocycles. The smallest absolute Gasteiger partial charge is 0.274 e. The molecule has 0 bridgehead atoms. The first kappa shape index (κ1) is 25.6. The SMILES string of the molecule is COc1ccc(Cn2nc(C(C)Oc3nc4ccccc4s3)cc2NC(=O)Cc2cccc3ccccc23)cc1. The van der Waals surface area contributed by atoms with Gasteiger partial charge in [0.1, 0.15) is 23.4 Å². The van der Waals surface area contributed by atoms with Gasteiger partial charge in [0.2, 0.25) is 5.91 Å². The lowest BCUT2D eigenvalue weighted by Crippen LogP contribution is -2.18. The Bertz CT molecular complexity index is 1750. The van der Waals surface area contributed by atoms with Crippen molar-refractivity contribution >= 4 is 44.1 Å². The van der Waals surface area contributed by atoms with Crippen molar-refractivity contribution in [2.75, 3.05) is 12.4 Å². The molecule has 0 saturated carbocycles. The second kappa shape index (κ2) is 11.2. The molecule has 0 fully saturated rings. The van der Waals surface area contributed by atoms with Gasteiger partial charge in [-0.15, -0.1) is 0 Å². The quantitative estimate of drug-likeness (QED) is 0.210. The van der Waals surface area contributed by atoms with Crippen LogP contribution in [0.25, 0.3) is 21.0 Å². The number of methoxy groups -OCH3 is 1. The number of fused-ring (bicyclic) bond motifs is 2. The van der Waals surface area contributed by atoms with Crippen LogP contribution in [0.5, 0.6) is 10.9 Å². The predicted molar refractivity (Wildman–Crippen MR) is 159 cm³/mol. The van der Waals surface area contributed by atoms with Crippen molar-refractivity contribution in [1.82, 2.24) is 14.8 Å². The Morgan fingerprint density at radius 2 is 1.75 bits per heavy atom. The molecule has 0 radical (unpaired) electrons. The van der Waals surface area contributed by atoms with Crippen LogP contribution >= 0.6 is 11.3 Å². The van der Waals surface area contributed by atoms with Gasteiger partial charge < -0.3 is 14.8 Å². The lowest BCUT2D eigenvalue weighted by Gasteiger charge is -2.11. The Morgan fingerprint density at radius 1 is 0.975 bits per heavy atom. The average molecular weight is 549 g/mol. The van der Waals surface area contributed by atoms with Crippen molar-refractivity contribution in [2.45, 2.75) is 26.0 Å². The fourth-order valence-corrected chi connectivity index (χ4v) is 5.57. The number of rotatable bonds is 9. The molecule has 0 aliphatic heterocycles. The highest BCUT2D eigenvalue weighted by atomic mass is 32.1. The number of benzene rings is 4. The maximum absolute atomic E-state index is 13.3. The topological polar surface area (TPSA) is 78.3 Å². The van der Waals surface area contributed by atoms with Gasteiger partial charge in [0.15, 0.2) is 0 Å². The molecule has 200 valence electrons. The normalized spacial score (nSPS) is 11.9. The first-order valence-electron chi connectivity index (χ1n) is 13.0. The van der Waals surface area contributed by atoms with Crippen molar-refractivity contribution in [1.29, 1.82) is 0 Å². The number of thiazole rings is 1. The molecule has 1 N–H and O–H groups in total.